The van der Waals surface area contributed by atoms with Crippen molar-refractivity contribution in [1.82, 2.24) is 5.32 Å². The average molecular weight is 239 g/mol. The van der Waals surface area contributed by atoms with Gasteiger partial charge in [-0.15, -0.1) is 0 Å². The van der Waals surface area contributed by atoms with E-state index in [0.29, 0.717) is 18.0 Å². The van der Waals surface area contributed by atoms with Crippen LogP contribution in [0.3, 0.4) is 0 Å². The maximum Gasteiger partial charge on any atom is 0.162 e. The van der Waals surface area contributed by atoms with E-state index in [0.717, 1.165) is 24.9 Å². The van der Waals surface area contributed by atoms with Gasteiger partial charge in [-0.25, -0.2) is 8.78 Å². The van der Waals surface area contributed by atoms with Crippen LogP contribution < -0.4 is 5.32 Å². The largest absolute Gasteiger partial charge is 0.314 e. The Hall–Kier alpha value is -0.960. The van der Waals surface area contributed by atoms with Crippen molar-refractivity contribution in [2.75, 3.05) is 6.54 Å². The Morgan fingerprint density at radius 3 is 2.76 bits per heavy atom. The van der Waals surface area contributed by atoms with Gasteiger partial charge in [-0.2, -0.15) is 0 Å². The van der Waals surface area contributed by atoms with Gasteiger partial charge in [0.2, 0.25) is 0 Å². The highest BCUT2D eigenvalue weighted by atomic mass is 19.2. The first-order chi connectivity index (χ1) is 8.20. The van der Waals surface area contributed by atoms with Gasteiger partial charge in [0, 0.05) is 6.04 Å². The lowest BCUT2D eigenvalue weighted by molar-refractivity contribution is 0.392. The molecule has 0 aromatic heterocycles. The van der Waals surface area contributed by atoms with Crippen LogP contribution in [0.1, 0.15) is 37.3 Å². The first-order valence-corrected chi connectivity index (χ1v) is 6.41. The van der Waals surface area contributed by atoms with Gasteiger partial charge in [-0.3, -0.25) is 0 Å². The summed E-state index contributed by atoms with van der Waals surface area (Å²) in [5.41, 5.74) is 1.39. The summed E-state index contributed by atoms with van der Waals surface area (Å²) in [6.07, 6.45) is 4.74. The normalized spacial score (nSPS) is 20.5. The zero-order valence-corrected chi connectivity index (χ0v) is 10.2. The van der Waals surface area contributed by atoms with Crippen molar-refractivity contribution < 1.29 is 8.78 Å². The number of hydrogen-bond donors (Lipinski definition) is 1. The molecule has 1 N–H and O–H groups in total. The molecule has 0 radical (unpaired) electrons. The molecule has 0 aliphatic carbocycles. The van der Waals surface area contributed by atoms with Crippen LogP contribution in [0.15, 0.2) is 12.1 Å². The van der Waals surface area contributed by atoms with Crippen LogP contribution in [0.25, 0.3) is 0 Å². The standard InChI is InChI=1S/C14H19F2N/c1-2-10-7-11(14(16)13(15)8-10)9-12-5-3-4-6-17-12/h7-8,12,17H,2-6,9H2,1H3. The number of nitrogens with one attached hydrogen (secondary N) is 1. The number of piperidine rings is 1. The summed E-state index contributed by atoms with van der Waals surface area (Å²) in [4.78, 5) is 0. The molecule has 1 aliphatic heterocycles. The van der Waals surface area contributed by atoms with Crippen LogP contribution in [-0.2, 0) is 12.8 Å². The summed E-state index contributed by atoms with van der Waals surface area (Å²) in [6.45, 7) is 2.94. The quantitative estimate of drug-likeness (QED) is 0.854. The first-order valence-electron chi connectivity index (χ1n) is 6.41. The van der Waals surface area contributed by atoms with Crippen LogP contribution in [0.2, 0.25) is 0 Å². The van der Waals surface area contributed by atoms with Crippen molar-refractivity contribution in [3.63, 3.8) is 0 Å². The first kappa shape index (κ1) is 12.5. The Morgan fingerprint density at radius 1 is 1.29 bits per heavy atom. The molecule has 0 spiro atoms. The minimum absolute atomic E-state index is 0.296. The van der Waals surface area contributed by atoms with Crippen LogP contribution in [-0.4, -0.2) is 12.6 Å². The SMILES string of the molecule is CCc1cc(F)c(F)c(CC2CCCCN2)c1. The highest BCUT2D eigenvalue weighted by molar-refractivity contribution is 5.27. The van der Waals surface area contributed by atoms with Gasteiger partial charge in [0.1, 0.15) is 0 Å². The Bertz CT molecular complexity index is 384. The number of benzene rings is 1. The third-order valence-corrected chi connectivity index (χ3v) is 3.45. The van der Waals surface area contributed by atoms with Crippen LogP contribution in [0, 0.1) is 11.6 Å². The monoisotopic (exact) mass is 239 g/mol. The van der Waals surface area contributed by atoms with Gasteiger partial charge in [0.15, 0.2) is 11.6 Å². The minimum atomic E-state index is -0.713. The number of rotatable bonds is 3. The second-order valence-electron chi connectivity index (χ2n) is 4.76. The fourth-order valence-electron chi connectivity index (χ4n) is 2.42. The molecule has 1 aromatic rings. The van der Waals surface area contributed by atoms with Gasteiger partial charge in [0.25, 0.3) is 0 Å². The summed E-state index contributed by atoms with van der Waals surface area (Å²) in [6, 6.07) is 3.40. The molecule has 1 saturated heterocycles. The molecule has 1 aromatic carbocycles. The van der Waals surface area contributed by atoms with Gasteiger partial charge in [-0.05, 0) is 49.4 Å². The smallest absolute Gasteiger partial charge is 0.162 e. The van der Waals surface area contributed by atoms with E-state index in [-0.39, 0.29) is 0 Å². The number of halogens is 2. The lowest BCUT2D eigenvalue weighted by Crippen LogP contribution is -2.35. The summed E-state index contributed by atoms with van der Waals surface area (Å²) >= 11 is 0. The molecule has 94 valence electrons. The second kappa shape index (κ2) is 5.58. The van der Waals surface area contributed by atoms with Crippen LogP contribution in [0.4, 0.5) is 8.78 Å². The highest BCUT2D eigenvalue weighted by Crippen LogP contribution is 2.19. The van der Waals surface area contributed by atoms with E-state index < -0.39 is 11.6 Å². The molecule has 1 atom stereocenters. The van der Waals surface area contributed by atoms with Crippen molar-refractivity contribution in [1.29, 1.82) is 0 Å². The summed E-state index contributed by atoms with van der Waals surface area (Å²) in [5.74, 6) is -1.38. The van der Waals surface area contributed by atoms with E-state index in [9.17, 15) is 8.78 Å². The van der Waals surface area contributed by atoms with Gasteiger partial charge in [-0.1, -0.05) is 19.4 Å². The highest BCUT2D eigenvalue weighted by Gasteiger charge is 2.17. The molecule has 0 saturated carbocycles. The average Bonchev–Trinajstić information content (AvgIpc) is 2.36. The third-order valence-electron chi connectivity index (χ3n) is 3.45. The fraction of sp³-hybridized carbons (Fsp3) is 0.571. The summed E-state index contributed by atoms with van der Waals surface area (Å²) in [5, 5.41) is 3.36. The summed E-state index contributed by atoms with van der Waals surface area (Å²) < 4.78 is 27.1. The lowest BCUT2D eigenvalue weighted by Gasteiger charge is -2.23. The van der Waals surface area contributed by atoms with Crippen LogP contribution >= 0.6 is 0 Å². The summed E-state index contributed by atoms with van der Waals surface area (Å²) in [7, 11) is 0. The van der Waals surface area contributed by atoms with E-state index in [2.05, 4.69) is 5.32 Å². The Kier molecular flexibility index (Phi) is 4.11. The Balaban J connectivity index is 2.15. The molecule has 0 amide bonds. The van der Waals surface area contributed by atoms with E-state index >= 15 is 0 Å². The predicted octanol–water partition coefficient (Wildman–Crippen LogP) is 3.21. The van der Waals surface area contributed by atoms with E-state index in [1.165, 1.54) is 18.9 Å². The molecule has 0 bridgehead atoms. The van der Waals surface area contributed by atoms with E-state index in [1.807, 2.05) is 6.92 Å². The lowest BCUT2D eigenvalue weighted by atomic mass is 9.96. The van der Waals surface area contributed by atoms with Crippen molar-refractivity contribution in [2.45, 2.75) is 45.1 Å². The second-order valence-corrected chi connectivity index (χ2v) is 4.76. The molecule has 3 heteroatoms. The van der Waals surface area contributed by atoms with Crippen molar-refractivity contribution in [3.8, 4) is 0 Å². The van der Waals surface area contributed by atoms with Crippen molar-refractivity contribution in [3.05, 3.63) is 34.9 Å². The van der Waals surface area contributed by atoms with Crippen molar-refractivity contribution >= 4 is 0 Å². The molecule has 1 fully saturated rings. The molecule has 1 heterocycles. The fourth-order valence-corrected chi connectivity index (χ4v) is 2.42. The number of hydrogen-bond acceptors (Lipinski definition) is 1. The topological polar surface area (TPSA) is 12.0 Å². The Labute approximate surface area is 101 Å². The van der Waals surface area contributed by atoms with Crippen molar-refractivity contribution in [2.24, 2.45) is 0 Å². The molecule has 1 aliphatic rings. The van der Waals surface area contributed by atoms with Crippen LogP contribution in [0.5, 0.6) is 0 Å². The maximum atomic E-state index is 13.7. The maximum absolute atomic E-state index is 13.7. The van der Waals surface area contributed by atoms with Gasteiger partial charge >= 0.3 is 0 Å². The van der Waals surface area contributed by atoms with E-state index in [4.69, 9.17) is 0 Å². The molecule has 17 heavy (non-hydrogen) atoms. The molecular weight excluding hydrogens is 220 g/mol. The predicted molar refractivity (Wildman–Crippen MR) is 65.1 cm³/mol. The molecule has 1 nitrogen and oxygen atoms in total. The minimum Gasteiger partial charge on any atom is -0.314 e. The number of aryl methyl sites for hydroxylation is 1. The third kappa shape index (κ3) is 3.03. The molecular formula is C14H19F2N. The van der Waals surface area contributed by atoms with Gasteiger partial charge < -0.3 is 5.32 Å². The Morgan fingerprint density at radius 2 is 2.12 bits per heavy atom. The zero-order valence-electron chi connectivity index (χ0n) is 10.2. The van der Waals surface area contributed by atoms with E-state index in [1.54, 1.807) is 6.07 Å². The zero-order chi connectivity index (χ0) is 12.3. The molecule has 2 rings (SSSR count). The molecule has 1 unspecified atom stereocenters. The van der Waals surface area contributed by atoms with Gasteiger partial charge in [0.05, 0.1) is 0 Å².